The summed E-state index contributed by atoms with van der Waals surface area (Å²) in [4.78, 5) is 15.6. The summed E-state index contributed by atoms with van der Waals surface area (Å²) in [5, 5.41) is 6.90. The summed E-state index contributed by atoms with van der Waals surface area (Å²) in [6.45, 7) is 1.21. The monoisotopic (exact) mass is 389 g/mol. The van der Waals surface area contributed by atoms with E-state index in [2.05, 4.69) is 33.8 Å². The van der Waals surface area contributed by atoms with Gasteiger partial charge in [-0.3, -0.25) is 4.79 Å². The third kappa shape index (κ3) is 3.72. The van der Waals surface area contributed by atoms with E-state index in [1.165, 1.54) is 6.07 Å². The summed E-state index contributed by atoms with van der Waals surface area (Å²) in [6, 6.07) is 4.85. The molecule has 1 aromatic carbocycles. The van der Waals surface area contributed by atoms with Crippen molar-refractivity contribution in [2.24, 2.45) is 5.92 Å². The van der Waals surface area contributed by atoms with Crippen molar-refractivity contribution in [2.45, 2.75) is 45.8 Å². The molecule has 0 bridgehead atoms. The van der Waals surface area contributed by atoms with Crippen LogP contribution >= 0.6 is 0 Å². The van der Waals surface area contributed by atoms with Gasteiger partial charge in [0.15, 0.2) is 11.5 Å². The van der Waals surface area contributed by atoms with E-state index >= 15 is 0 Å². The zero-order valence-corrected chi connectivity index (χ0v) is 15.6. The largest absolute Gasteiger partial charge is 0.487 e. The van der Waals surface area contributed by atoms with Crippen LogP contribution in [0.3, 0.4) is 0 Å². The fourth-order valence-corrected chi connectivity index (χ4v) is 3.30. The third-order valence-corrected chi connectivity index (χ3v) is 4.60. The molecule has 0 unspecified atom stereocenters. The van der Waals surface area contributed by atoms with E-state index in [1.54, 1.807) is 18.3 Å². The molecule has 1 fully saturated rings. The van der Waals surface area contributed by atoms with Crippen LogP contribution in [0.2, 0.25) is 0 Å². The molecule has 28 heavy (non-hydrogen) atoms. The molecule has 0 spiro atoms. The van der Waals surface area contributed by atoms with Crippen LogP contribution in [0, 0.1) is 5.92 Å². The molecule has 0 aliphatic heterocycles. The van der Waals surface area contributed by atoms with E-state index < -0.39 is 6.61 Å². The van der Waals surface area contributed by atoms with E-state index in [9.17, 15) is 13.6 Å². The average Bonchev–Trinajstić information content (AvgIpc) is 3.36. The maximum absolute atomic E-state index is 12.7. The summed E-state index contributed by atoms with van der Waals surface area (Å²) < 4.78 is 35.9. The lowest BCUT2D eigenvalue weighted by molar-refractivity contribution is -0.0516. The first-order valence-electron chi connectivity index (χ1n) is 9.26. The van der Waals surface area contributed by atoms with Gasteiger partial charge in [0.2, 0.25) is 0 Å². The summed E-state index contributed by atoms with van der Waals surface area (Å²) in [6.07, 6.45) is 4.06. The summed E-state index contributed by atoms with van der Waals surface area (Å²) in [7, 11) is 0. The molecule has 1 saturated carbocycles. The second kappa shape index (κ2) is 7.26. The Bertz CT molecular complexity index is 1050. The van der Waals surface area contributed by atoms with E-state index in [0.29, 0.717) is 23.2 Å². The van der Waals surface area contributed by atoms with E-state index in [1.807, 2.05) is 0 Å². The number of hydrogen-bond acceptors (Lipinski definition) is 4. The standard InChI is InChI=1S/C20H21F2N3O3/c1-10(2)7-13-17-14(9-23-25-19(17)26)24-18(13)11-3-6-15(28-20(21)22)16(8-11)27-12-4-5-12/h3,6,8-10,12,20,24H,4-5,7H2,1-2H3,(H,25,26). The number of nitrogens with one attached hydrogen (secondary N) is 2. The van der Waals surface area contributed by atoms with Crippen LogP contribution in [0.25, 0.3) is 22.2 Å². The fraction of sp³-hybridized carbons (Fsp3) is 0.400. The minimum Gasteiger partial charge on any atom is -0.487 e. The number of aromatic nitrogens is 3. The predicted octanol–water partition coefficient (Wildman–Crippen LogP) is 4.26. The molecule has 1 aliphatic rings. The Hall–Kier alpha value is -2.90. The van der Waals surface area contributed by atoms with E-state index in [0.717, 1.165) is 29.7 Å². The zero-order valence-electron chi connectivity index (χ0n) is 15.6. The van der Waals surface area contributed by atoms with Crippen LogP contribution in [0.1, 0.15) is 32.3 Å². The van der Waals surface area contributed by atoms with Crippen LogP contribution < -0.4 is 15.0 Å². The molecule has 1 aliphatic carbocycles. The Kier molecular flexibility index (Phi) is 4.78. The Morgan fingerprint density at radius 1 is 1.25 bits per heavy atom. The van der Waals surface area contributed by atoms with Crippen molar-refractivity contribution in [1.82, 2.24) is 15.2 Å². The lowest BCUT2D eigenvalue weighted by Crippen LogP contribution is -2.09. The van der Waals surface area contributed by atoms with Crippen LogP contribution in [0.5, 0.6) is 11.5 Å². The van der Waals surface area contributed by atoms with Gasteiger partial charge in [-0.05, 0) is 48.9 Å². The summed E-state index contributed by atoms with van der Waals surface area (Å²) in [5.41, 5.74) is 2.73. The number of aromatic amines is 2. The first-order chi connectivity index (χ1) is 13.4. The third-order valence-electron chi connectivity index (χ3n) is 4.60. The molecule has 2 aromatic heterocycles. The molecular weight excluding hydrogens is 368 g/mol. The molecule has 8 heteroatoms. The first-order valence-corrected chi connectivity index (χ1v) is 9.26. The fourth-order valence-electron chi connectivity index (χ4n) is 3.30. The van der Waals surface area contributed by atoms with Gasteiger partial charge in [-0.25, -0.2) is 5.10 Å². The van der Waals surface area contributed by atoms with Gasteiger partial charge in [0.1, 0.15) is 0 Å². The maximum Gasteiger partial charge on any atom is 0.387 e. The summed E-state index contributed by atoms with van der Waals surface area (Å²) in [5.74, 6) is 0.599. The molecular formula is C20H21F2N3O3. The van der Waals surface area contributed by atoms with Gasteiger partial charge in [-0.15, -0.1) is 0 Å². The van der Waals surface area contributed by atoms with E-state index in [4.69, 9.17) is 4.74 Å². The van der Waals surface area contributed by atoms with Crippen LogP contribution in [0.15, 0.2) is 29.2 Å². The van der Waals surface area contributed by atoms with E-state index in [-0.39, 0.29) is 23.2 Å². The number of hydrogen-bond donors (Lipinski definition) is 2. The highest BCUT2D eigenvalue weighted by molar-refractivity contribution is 5.90. The molecule has 0 atom stereocenters. The molecule has 2 heterocycles. The second-order valence-corrected chi connectivity index (χ2v) is 7.42. The van der Waals surface area contributed by atoms with Crippen molar-refractivity contribution in [3.8, 4) is 22.8 Å². The van der Waals surface area contributed by atoms with Gasteiger partial charge < -0.3 is 14.5 Å². The smallest absolute Gasteiger partial charge is 0.387 e. The first kappa shape index (κ1) is 18.5. The van der Waals surface area contributed by atoms with Gasteiger partial charge >= 0.3 is 6.61 Å². The molecule has 4 rings (SSSR count). The predicted molar refractivity (Wildman–Crippen MR) is 101 cm³/mol. The number of nitrogens with zero attached hydrogens (tertiary/aromatic N) is 1. The number of ether oxygens (including phenoxy) is 2. The van der Waals surface area contributed by atoms with Gasteiger partial charge in [0.25, 0.3) is 5.56 Å². The summed E-state index contributed by atoms with van der Waals surface area (Å²) >= 11 is 0. The second-order valence-electron chi connectivity index (χ2n) is 7.42. The quantitative estimate of drug-likeness (QED) is 0.633. The minimum absolute atomic E-state index is 0.00619. The molecule has 6 nitrogen and oxygen atoms in total. The van der Waals surface area contributed by atoms with Crippen LogP contribution in [-0.2, 0) is 6.42 Å². The van der Waals surface area contributed by atoms with Gasteiger partial charge in [-0.2, -0.15) is 13.9 Å². The highest BCUT2D eigenvalue weighted by Crippen LogP contribution is 2.39. The van der Waals surface area contributed by atoms with Crippen molar-refractivity contribution >= 4 is 10.9 Å². The molecule has 0 amide bonds. The average molecular weight is 389 g/mol. The topological polar surface area (TPSA) is 80.0 Å². The highest BCUT2D eigenvalue weighted by atomic mass is 19.3. The molecule has 0 saturated heterocycles. The number of fused-ring (bicyclic) bond motifs is 1. The van der Waals surface area contributed by atoms with Gasteiger partial charge in [-0.1, -0.05) is 13.8 Å². The van der Waals surface area contributed by atoms with Crippen molar-refractivity contribution in [3.63, 3.8) is 0 Å². The Morgan fingerprint density at radius 3 is 2.71 bits per heavy atom. The van der Waals surface area contributed by atoms with Gasteiger partial charge in [0, 0.05) is 5.56 Å². The molecule has 148 valence electrons. The Labute approximate surface area is 159 Å². The van der Waals surface area contributed by atoms with Crippen LogP contribution in [-0.4, -0.2) is 27.9 Å². The maximum atomic E-state index is 12.7. The molecule has 3 aromatic rings. The minimum atomic E-state index is -2.93. The molecule has 2 N–H and O–H groups in total. The number of alkyl halides is 2. The number of rotatable bonds is 7. The van der Waals surface area contributed by atoms with Gasteiger partial charge in [0.05, 0.1) is 28.9 Å². The van der Waals surface area contributed by atoms with Crippen molar-refractivity contribution in [3.05, 3.63) is 40.3 Å². The van der Waals surface area contributed by atoms with Crippen molar-refractivity contribution < 1.29 is 18.3 Å². The normalized spacial score (nSPS) is 14.2. The number of halogens is 2. The molecule has 0 radical (unpaired) electrons. The highest BCUT2D eigenvalue weighted by Gasteiger charge is 2.26. The van der Waals surface area contributed by atoms with Crippen molar-refractivity contribution in [1.29, 1.82) is 0 Å². The lowest BCUT2D eigenvalue weighted by Gasteiger charge is -2.14. The Morgan fingerprint density at radius 2 is 2.04 bits per heavy atom. The number of H-pyrrole nitrogens is 2. The van der Waals surface area contributed by atoms with Crippen LogP contribution in [0.4, 0.5) is 8.78 Å². The Balaban J connectivity index is 1.84. The van der Waals surface area contributed by atoms with Crippen molar-refractivity contribution in [2.75, 3.05) is 0 Å². The lowest BCUT2D eigenvalue weighted by atomic mass is 9.97. The zero-order chi connectivity index (χ0) is 19.8. The SMILES string of the molecule is CC(C)Cc1c(-c2ccc(OC(F)F)c(OC3CC3)c2)[nH]c2cn[nH]c(=O)c12. The number of benzene rings is 1.